The SMILES string of the molecule is COc1ccc2nc(CNc3nc(N4CCN(C)CC4)nc4c(Br)cnn34)[nH]c2c1. The van der Waals surface area contributed by atoms with Crippen molar-refractivity contribution < 1.29 is 4.74 Å². The monoisotopic (exact) mass is 471 g/mol. The highest BCUT2D eigenvalue weighted by atomic mass is 79.9. The van der Waals surface area contributed by atoms with Crippen molar-refractivity contribution in [2.24, 2.45) is 0 Å². The van der Waals surface area contributed by atoms with E-state index in [-0.39, 0.29) is 0 Å². The molecule has 1 aliphatic rings. The van der Waals surface area contributed by atoms with Gasteiger partial charge in [0.1, 0.15) is 11.6 Å². The van der Waals surface area contributed by atoms with Crippen LogP contribution in [0.15, 0.2) is 28.9 Å². The summed E-state index contributed by atoms with van der Waals surface area (Å²) in [4.78, 5) is 22.0. The Morgan fingerprint density at radius 2 is 2.00 bits per heavy atom. The number of anilines is 2. The van der Waals surface area contributed by atoms with Crippen LogP contribution in [0.4, 0.5) is 11.9 Å². The maximum absolute atomic E-state index is 5.28. The number of benzene rings is 1. The number of nitrogens with one attached hydrogen (secondary N) is 2. The average Bonchev–Trinajstić information content (AvgIpc) is 3.35. The number of ether oxygens (including phenoxy) is 1. The minimum absolute atomic E-state index is 0.475. The first-order valence-corrected chi connectivity index (χ1v) is 10.5. The number of H-pyrrole nitrogens is 1. The molecule has 0 unspecified atom stereocenters. The van der Waals surface area contributed by atoms with Crippen LogP contribution in [0.3, 0.4) is 0 Å². The lowest BCUT2D eigenvalue weighted by Crippen LogP contribution is -2.45. The molecule has 1 saturated heterocycles. The van der Waals surface area contributed by atoms with Crippen LogP contribution in [0.25, 0.3) is 16.7 Å². The van der Waals surface area contributed by atoms with Gasteiger partial charge in [-0.05, 0) is 35.1 Å². The van der Waals surface area contributed by atoms with E-state index in [9.17, 15) is 0 Å². The summed E-state index contributed by atoms with van der Waals surface area (Å²) >= 11 is 3.54. The zero-order valence-corrected chi connectivity index (χ0v) is 18.3. The van der Waals surface area contributed by atoms with Gasteiger partial charge in [0.2, 0.25) is 11.9 Å². The molecular formula is C19H22BrN9O. The number of rotatable bonds is 5. The van der Waals surface area contributed by atoms with Gasteiger partial charge >= 0.3 is 0 Å². The standard InChI is InChI=1S/C19H22BrN9O/c1-27-5-7-28(8-6-27)19-25-17-13(20)10-22-29(17)18(26-19)21-11-16-23-14-4-3-12(30-2)9-15(14)24-16/h3-4,9-10H,5-8,11H2,1-2H3,(H,23,24)(H,21,25,26). The molecule has 11 heteroatoms. The molecule has 4 aromatic rings. The van der Waals surface area contributed by atoms with Gasteiger partial charge in [0.25, 0.3) is 0 Å². The summed E-state index contributed by atoms with van der Waals surface area (Å²) in [6.07, 6.45) is 1.73. The minimum Gasteiger partial charge on any atom is -0.497 e. The number of fused-ring (bicyclic) bond motifs is 2. The second-order valence-electron chi connectivity index (χ2n) is 7.29. The number of hydrogen-bond donors (Lipinski definition) is 2. The van der Waals surface area contributed by atoms with Gasteiger partial charge in [0, 0.05) is 32.2 Å². The molecule has 30 heavy (non-hydrogen) atoms. The molecule has 0 spiro atoms. The smallest absolute Gasteiger partial charge is 0.230 e. The van der Waals surface area contributed by atoms with E-state index in [2.05, 4.69) is 53.2 Å². The fourth-order valence-electron chi connectivity index (χ4n) is 3.52. The second kappa shape index (κ2) is 7.73. The summed E-state index contributed by atoms with van der Waals surface area (Å²) in [6, 6.07) is 5.77. The molecule has 3 aromatic heterocycles. The summed E-state index contributed by atoms with van der Waals surface area (Å²) in [5.41, 5.74) is 2.55. The second-order valence-corrected chi connectivity index (χ2v) is 8.14. The molecular weight excluding hydrogens is 450 g/mol. The first-order chi connectivity index (χ1) is 14.6. The van der Waals surface area contributed by atoms with Crippen molar-refractivity contribution in [1.29, 1.82) is 0 Å². The van der Waals surface area contributed by atoms with E-state index in [0.717, 1.165) is 58.9 Å². The lowest BCUT2D eigenvalue weighted by atomic mass is 10.3. The van der Waals surface area contributed by atoms with Crippen molar-refractivity contribution in [3.05, 3.63) is 34.7 Å². The van der Waals surface area contributed by atoms with E-state index in [1.54, 1.807) is 17.8 Å². The van der Waals surface area contributed by atoms with E-state index in [4.69, 9.17) is 14.7 Å². The van der Waals surface area contributed by atoms with Crippen molar-refractivity contribution in [3.63, 3.8) is 0 Å². The van der Waals surface area contributed by atoms with Crippen LogP contribution in [0.2, 0.25) is 0 Å². The highest BCUT2D eigenvalue weighted by molar-refractivity contribution is 9.10. The molecule has 0 aliphatic carbocycles. The van der Waals surface area contributed by atoms with Gasteiger partial charge in [-0.3, -0.25) is 0 Å². The summed E-state index contributed by atoms with van der Waals surface area (Å²) in [5.74, 6) is 2.92. The van der Waals surface area contributed by atoms with Crippen LogP contribution < -0.4 is 15.0 Å². The Hall–Kier alpha value is -2.92. The summed E-state index contributed by atoms with van der Waals surface area (Å²) in [7, 11) is 3.78. The molecule has 1 aromatic carbocycles. The lowest BCUT2D eigenvalue weighted by Gasteiger charge is -2.32. The summed E-state index contributed by atoms with van der Waals surface area (Å²) in [6.45, 7) is 4.23. The summed E-state index contributed by atoms with van der Waals surface area (Å²) in [5, 5.41) is 7.76. The third kappa shape index (κ3) is 3.54. The van der Waals surface area contributed by atoms with Crippen molar-refractivity contribution in [3.8, 4) is 5.75 Å². The van der Waals surface area contributed by atoms with Crippen molar-refractivity contribution in [1.82, 2.24) is 34.4 Å². The number of imidazole rings is 1. The topological polar surface area (TPSA) is 99.5 Å². The Bertz CT molecular complexity index is 1200. The van der Waals surface area contributed by atoms with Crippen molar-refractivity contribution >= 4 is 44.5 Å². The van der Waals surface area contributed by atoms with Crippen LogP contribution in [-0.2, 0) is 6.54 Å². The molecule has 0 amide bonds. The van der Waals surface area contributed by atoms with Gasteiger partial charge in [-0.25, -0.2) is 4.98 Å². The molecule has 5 rings (SSSR count). The predicted molar refractivity (Wildman–Crippen MR) is 118 cm³/mol. The normalized spacial score (nSPS) is 15.2. The van der Waals surface area contributed by atoms with E-state index in [1.807, 2.05) is 18.2 Å². The molecule has 1 aliphatic heterocycles. The third-order valence-electron chi connectivity index (χ3n) is 5.25. The van der Waals surface area contributed by atoms with E-state index < -0.39 is 0 Å². The summed E-state index contributed by atoms with van der Waals surface area (Å²) < 4.78 is 7.82. The number of aromatic nitrogens is 6. The molecule has 156 valence electrons. The van der Waals surface area contributed by atoms with Crippen LogP contribution in [-0.4, -0.2) is 74.8 Å². The van der Waals surface area contributed by atoms with Crippen molar-refractivity contribution in [2.75, 3.05) is 50.6 Å². The number of methoxy groups -OCH3 is 1. The highest BCUT2D eigenvalue weighted by Crippen LogP contribution is 2.23. The molecule has 0 atom stereocenters. The number of hydrogen-bond acceptors (Lipinski definition) is 8. The maximum atomic E-state index is 5.28. The predicted octanol–water partition coefficient (Wildman–Crippen LogP) is 2.14. The number of likely N-dealkylation sites (N-methyl/N-ethyl adjacent to an activating group) is 1. The van der Waals surface area contributed by atoms with E-state index >= 15 is 0 Å². The van der Waals surface area contributed by atoms with Gasteiger partial charge in [0.05, 0.1) is 35.4 Å². The van der Waals surface area contributed by atoms with Gasteiger partial charge in [-0.15, -0.1) is 0 Å². The molecule has 0 radical (unpaired) electrons. The molecule has 0 saturated carbocycles. The molecule has 10 nitrogen and oxygen atoms in total. The van der Waals surface area contributed by atoms with Gasteiger partial charge in [-0.2, -0.15) is 19.6 Å². The Balaban J connectivity index is 1.43. The first kappa shape index (κ1) is 19.1. The molecule has 1 fully saturated rings. The van der Waals surface area contributed by atoms with Gasteiger partial charge < -0.3 is 24.8 Å². The minimum atomic E-state index is 0.475. The van der Waals surface area contributed by atoms with Gasteiger partial charge in [-0.1, -0.05) is 0 Å². The lowest BCUT2D eigenvalue weighted by molar-refractivity contribution is 0.311. The van der Waals surface area contributed by atoms with Crippen molar-refractivity contribution in [2.45, 2.75) is 6.54 Å². The van der Waals surface area contributed by atoms with Crippen LogP contribution in [0, 0.1) is 0 Å². The van der Waals surface area contributed by atoms with Crippen LogP contribution >= 0.6 is 15.9 Å². The van der Waals surface area contributed by atoms with E-state index in [1.165, 1.54) is 0 Å². The Morgan fingerprint density at radius 1 is 1.17 bits per heavy atom. The van der Waals surface area contributed by atoms with Gasteiger partial charge in [0.15, 0.2) is 5.65 Å². The Morgan fingerprint density at radius 3 is 2.80 bits per heavy atom. The zero-order chi connectivity index (χ0) is 20.7. The Kier molecular flexibility index (Phi) is 4.91. The van der Waals surface area contributed by atoms with E-state index in [0.29, 0.717) is 18.4 Å². The average molecular weight is 472 g/mol. The maximum Gasteiger partial charge on any atom is 0.230 e. The quantitative estimate of drug-likeness (QED) is 0.456. The molecule has 0 bridgehead atoms. The number of piperazine rings is 1. The fourth-order valence-corrected chi connectivity index (χ4v) is 3.87. The van der Waals surface area contributed by atoms with Crippen LogP contribution in [0.1, 0.15) is 5.82 Å². The first-order valence-electron chi connectivity index (χ1n) is 9.72. The largest absolute Gasteiger partial charge is 0.497 e. The fraction of sp³-hybridized carbons (Fsp3) is 0.368. The highest BCUT2D eigenvalue weighted by Gasteiger charge is 2.20. The zero-order valence-electron chi connectivity index (χ0n) is 16.8. The number of aromatic amines is 1. The number of nitrogens with zero attached hydrogens (tertiary/aromatic N) is 7. The number of halogens is 1. The molecule has 2 N–H and O–H groups in total. The third-order valence-corrected chi connectivity index (χ3v) is 5.81. The molecule has 4 heterocycles. The Labute approximate surface area is 181 Å². The van der Waals surface area contributed by atoms with Crippen LogP contribution in [0.5, 0.6) is 5.75 Å².